The van der Waals surface area contributed by atoms with Crippen LogP contribution < -0.4 is 4.90 Å². The van der Waals surface area contributed by atoms with Crippen molar-refractivity contribution in [2.24, 2.45) is 10.3 Å². The molecule has 0 aromatic carbocycles. The van der Waals surface area contributed by atoms with E-state index in [9.17, 15) is 4.21 Å². The summed E-state index contributed by atoms with van der Waals surface area (Å²) in [6, 6.07) is 5.62. The normalized spacial score (nSPS) is 20.5. The molecular weight excluding hydrogens is 396 g/mol. The van der Waals surface area contributed by atoms with Gasteiger partial charge in [-0.1, -0.05) is 18.5 Å². The lowest BCUT2D eigenvalue weighted by Crippen LogP contribution is -2.42. The Hall–Kier alpha value is -2.19. The Morgan fingerprint density at radius 2 is 2.04 bits per heavy atom. The average molecular weight is 419 g/mol. The zero-order valence-electron chi connectivity index (χ0n) is 16.1. The van der Waals surface area contributed by atoms with Gasteiger partial charge in [-0.3, -0.25) is 8.61 Å². The van der Waals surface area contributed by atoms with E-state index in [0.717, 1.165) is 30.1 Å². The van der Waals surface area contributed by atoms with Crippen LogP contribution in [0, 0.1) is 5.92 Å². The maximum absolute atomic E-state index is 12.1. The Kier molecular flexibility index (Phi) is 5.01. The number of nitrogens with zero attached hydrogens (tertiary/aromatic N) is 6. The number of aromatic nitrogens is 4. The summed E-state index contributed by atoms with van der Waals surface area (Å²) in [5, 5.41) is 0.625. The van der Waals surface area contributed by atoms with E-state index in [0.29, 0.717) is 23.3 Å². The molecule has 4 heterocycles. The van der Waals surface area contributed by atoms with Gasteiger partial charge in [0.15, 0.2) is 5.82 Å². The Morgan fingerprint density at radius 1 is 1.21 bits per heavy atom. The van der Waals surface area contributed by atoms with Gasteiger partial charge in [0.05, 0.1) is 17.3 Å². The fourth-order valence-corrected chi connectivity index (χ4v) is 4.74. The number of imidazole rings is 1. The van der Waals surface area contributed by atoms with Crippen LogP contribution in [0.5, 0.6) is 0 Å². The van der Waals surface area contributed by atoms with Gasteiger partial charge in [0.1, 0.15) is 17.2 Å². The molecule has 3 aromatic rings. The standard InChI is InChI=1S/C19H23ClN6OS/c1-13-8-15(24-28(2,3)27)12-25(10-13)18-6-7-21-19(23-18)16-9-22-17-5-4-14(20)11-26(16)17/h4-7,9,11,13,15H,8,10,12H2,1-3H3/t13-,15+/m0/s1. The van der Waals surface area contributed by atoms with Crippen LogP contribution in [-0.2, 0) is 9.73 Å². The topological polar surface area (TPSA) is 75.8 Å². The maximum Gasteiger partial charge on any atom is 0.180 e. The number of anilines is 1. The quantitative estimate of drug-likeness (QED) is 0.651. The number of pyridine rings is 1. The minimum Gasteiger partial charge on any atom is -0.354 e. The van der Waals surface area contributed by atoms with Gasteiger partial charge in [0, 0.05) is 47.7 Å². The summed E-state index contributed by atoms with van der Waals surface area (Å²) in [6.07, 6.45) is 9.65. The SMILES string of the molecule is C[C@H]1C[C@@H](N=S(C)(C)=O)CN(c2ccnc(-c3cnc4ccc(Cl)cn34)n2)C1. The molecule has 2 atom stereocenters. The lowest BCUT2D eigenvalue weighted by molar-refractivity contribution is 0.402. The molecule has 0 bridgehead atoms. The van der Waals surface area contributed by atoms with Crippen LogP contribution in [0.3, 0.4) is 0 Å². The second-order valence-electron chi connectivity index (χ2n) is 7.64. The second-order valence-corrected chi connectivity index (χ2v) is 10.7. The van der Waals surface area contributed by atoms with Crippen molar-refractivity contribution in [3.05, 3.63) is 41.8 Å². The monoisotopic (exact) mass is 418 g/mol. The molecule has 0 aliphatic carbocycles. The fraction of sp³-hybridized carbons (Fsp3) is 0.421. The van der Waals surface area contributed by atoms with E-state index in [1.807, 2.05) is 28.8 Å². The molecule has 0 radical (unpaired) electrons. The number of piperidine rings is 1. The van der Waals surface area contributed by atoms with Gasteiger partial charge in [0.2, 0.25) is 0 Å². The summed E-state index contributed by atoms with van der Waals surface area (Å²) in [4.78, 5) is 15.8. The number of fused-ring (bicyclic) bond motifs is 1. The van der Waals surface area contributed by atoms with Crippen molar-refractivity contribution >= 4 is 32.8 Å². The van der Waals surface area contributed by atoms with E-state index in [1.54, 1.807) is 24.9 Å². The first-order valence-electron chi connectivity index (χ1n) is 9.16. The highest BCUT2D eigenvalue weighted by Crippen LogP contribution is 2.26. The highest BCUT2D eigenvalue weighted by atomic mass is 35.5. The second kappa shape index (κ2) is 7.33. The molecule has 7 nitrogen and oxygen atoms in total. The summed E-state index contributed by atoms with van der Waals surface area (Å²) in [5.74, 6) is 1.87. The molecule has 148 valence electrons. The molecule has 0 unspecified atom stereocenters. The van der Waals surface area contributed by atoms with Crippen LogP contribution in [0.25, 0.3) is 17.2 Å². The summed E-state index contributed by atoms with van der Waals surface area (Å²) < 4.78 is 18.6. The molecule has 1 aliphatic heterocycles. The molecule has 0 saturated carbocycles. The highest BCUT2D eigenvalue weighted by Gasteiger charge is 2.26. The molecule has 1 fully saturated rings. The Morgan fingerprint density at radius 3 is 2.82 bits per heavy atom. The molecule has 1 saturated heterocycles. The van der Waals surface area contributed by atoms with Gasteiger partial charge < -0.3 is 4.90 Å². The van der Waals surface area contributed by atoms with Crippen molar-refractivity contribution in [1.82, 2.24) is 19.4 Å². The lowest BCUT2D eigenvalue weighted by Gasteiger charge is -2.35. The Balaban J connectivity index is 1.68. The van der Waals surface area contributed by atoms with E-state index in [-0.39, 0.29) is 6.04 Å². The molecule has 0 spiro atoms. The maximum atomic E-state index is 12.1. The summed E-state index contributed by atoms with van der Waals surface area (Å²) >= 11 is 6.14. The molecule has 0 amide bonds. The van der Waals surface area contributed by atoms with Crippen LogP contribution in [0.15, 0.2) is 41.2 Å². The molecule has 28 heavy (non-hydrogen) atoms. The molecule has 4 rings (SSSR count). The molecule has 1 aliphatic rings. The van der Waals surface area contributed by atoms with E-state index >= 15 is 0 Å². The van der Waals surface area contributed by atoms with E-state index in [2.05, 4.69) is 26.2 Å². The third-order valence-electron chi connectivity index (χ3n) is 4.70. The first kappa shape index (κ1) is 19.1. The molecule has 0 N–H and O–H groups in total. The number of hydrogen-bond donors (Lipinski definition) is 0. The van der Waals surface area contributed by atoms with E-state index in [4.69, 9.17) is 16.6 Å². The van der Waals surface area contributed by atoms with Crippen LogP contribution in [0.2, 0.25) is 5.02 Å². The highest BCUT2D eigenvalue weighted by molar-refractivity contribution is 7.92. The van der Waals surface area contributed by atoms with Crippen molar-refractivity contribution in [2.75, 3.05) is 30.5 Å². The first-order chi connectivity index (χ1) is 13.3. The van der Waals surface area contributed by atoms with Gasteiger partial charge in [-0.25, -0.2) is 19.3 Å². The lowest BCUT2D eigenvalue weighted by atomic mass is 9.97. The minimum absolute atomic E-state index is 0.0410. The molecule has 9 heteroatoms. The molecule has 3 aromatic heterocycles. The summed E-state index contributed by atoms with van der Waals surface area (Å²) in [7, 11) is -2.13. The Labute approximate surface area is 170 Å². The van der Waals surface area contributed by atoms with Crippen molar-refractivity contribution < 1.29 is 4.21 Å². The Bertz CT molecular complexity index is 1130. The van der Waals surface area contributed by atoms with Crippen molar-refractivity contribution in [2.45, 2.75) is 19.4 Å². The minimum atomic E-state index is -2.13. The van der Waals surface area contributed by atoms with Crippen LogP contribution in [-0.4, -0.2) is 55.2 Å². The van der Waals surface area contributed by atoms with Gasteiger partial charge in [-0.2, -0.15) is 0 Å². The number of halogens is 1. The van der Waals surface area contributed by atoms with Gasteiger partial charge in [-0.05, 0) is 30.5 Å². The van der Waals surface area contributed by atoms with Crippen LogP contribution >= 0.6 is 11.6 Å². The third-order valence-corrected chi connectivity index (χ3v) is 5.73. The first-order valence-corrected chi connectivity index (χ1v) is 11.9. The zero-order chi connectivity index (χ0) is 19.9. The smallest absolute Gasteiger partial charge is 0.180 e. The van der Waals surface area contributed by atoms with Gasteiger partial charge in [0.25, 0.3) is 0 Å². The van der Waals surface area contributed by atoms with Crippen molar-refractivity contribution in [3.8, 4) is 11.5 Å². The van der Waals surface area contributed by atoms with E-state index < -0.39 is 9.73 Å². The summed E-state index contributed by atoms with van der Waals surface area (Å²) in [5.41, 5.74) is 1.58. The van der Waals surface area contributed by atoms with Crippen molar-refractivity contribution in [1.29, 1.82) is 0 Å². The number of hydrogen-bond acceptors (Lipinski definition) is 6. The number of rotatable bonds is 3. The van der Waals surface area contributed by atoms with Crippen molar-refractivity contribution in [3.63, 3.8) is 0 Å². The van der Waals surface area contributed by atoms with E-state index in [1.165, 1.54) is 0 Å². The van der Waals surface area contributed by atoms with Gasteiger partial charge in [-0.15, -0.1) is 0 Å². The predicted molar refractivity (Wildman–Crippen MR) is 113 cm³/mol. The van der Waals surface area contributed by atoms with Crippen LogP contribution in [0.1, 0.15) is 13.3 Å². The fourth-order valence-electron chi connectivity index (χ4n) is 3.71. The molecular formula is C19H23ClN6OS. The largest absolute Gasteiger partial charge is 0.354 e. The summed E-state index contributed by atoms with van der Waals surface area (Å²) in [6.45, 7) is 3.78. The predicted octanol–water partition coefficient (Wildman–Crippen LogP) is 3.39. The van der Waals surface area contributed by atoms with Gasteiger partial charge >= 0.3 is 0 Å². The average Bonchev–Trinajstić information content (AvgIpc) is 3.03. The zero-order valence-corrected chi connectivity index (χ0v) is 17.7. The third kappa shape index (κ3) is 4.12. The van der Waals surface area contributed by atoms with Crippen LogP contribution in [0.4, 0.5) is 5.82 Å².